The molecule has 43 heavy (non-hydrogen) atoms. The molecular weight excluding hydrogens is 532 g/mol. The molecule has 0 saturated carbocycles. The summed E-state index contributed by atoms with van der Waals surface area (Å²) in [6.07, 6.45) is 45.7. The highest BCUT2D eigenvalue weighted by Crippen LogP contribution is 2.18. The van der Waals surface area contributed by atoms with Crippen molar-refractivity contribution < 1.29 is 19.4 Å². The van der Waals surface area contributed by atoms with Crippen molar-refractivity contribution in [2.45, 2.75) is 187 Å². The maximum absolute atomic E-state index is 12.5. The largest absolute Gasteiger partial charge is 0.481 e. The van der Waals surface area contributed by atoms with Gasteiger partial charge < -0.3 is 9.84 Å². The molecule has 248 valence electrons. The van der Waals surface area contributed by atoms with Gasteiger partial charge in [-0.2, -0.15) is 0 Å². The number of unbranched alkanes of at least 4 members (excludes halogenated alkanes) is 15. The van der Waals surface area contributed by atoms with E-state index >= 15 is 0 Å². The van der Waals surface area contributed by atoms with Gasteiger partial charge in [0.15, 0.2) is 0 Å². The number of carboxylic acids is 1. The second-order valence-electron chi connectivity index (χ2n) is 12.0. The van der Waals surface area contributed by atoms with Gasteiger partial charge in [0.2, 0.25) is 0 Å². The molecule has 4 nitrogen and oxygen atoms in total. The highest BCUT2D eigenvalue weighted by Gasteiger charge is 2.14. The van der Waals surface area contributed by atoms with Crippen molar-refractivity contribution in [2.24, 2.45) is 0 Å². The van der Waals surface area contributed by atoms with Gasteiger partial charge in [-0.25, -0.2) is 0 Å². The van der Waals surface area contributed by atoms with Crippen molar-refractivity contribution in [3.05, 3.63) is 48.6 Å². The molecule has 1 atom stereocenters. The van der Waals surface area contributed by atoms with Crippen LogP contribution in [0.1, 0.15) is 181 Å². The van der Waals surface area contributed by atoms with E-state index in [2.05, 4.69) is 62.5 Å². The fourth-order valence-corrected chi connectivity index (χ4v) is 5.17. The smallest absolute Gasteiger partial charge is 0.306 e. The Balaban J connectivity index is 3.79. The van der Waals surface area contributed by atoms with Gasteiger partial charge in [-0.3, -0.25) is 9.59 Å². The fraction of sp³-hybridized carbons (Fsp3) is 0.744. The molecule has 0 rings (SSSR count). The van der Waals surface area contributed by atoms with E-state index in [4.69, 9.17) is 9.84 Å². The van der Waals surface area contributed by atoms with Gasteiger partial charge in [0.1, 0.15) is 6.10 Å². The number of hydrogen-bond donors (Lipinski definition) is 1. The van der Waals surface area contributed by atoms with E-state index in [-0.39, 0.29) is 18.5 Å². The Bertz CT molecular complexity index is 734. The van der Waals surface area contributed by atoms with Crippen LogP contribution < -0.4 is 0 Å². The number of carbonyl (C=O) groups excluding carboxylic acids is 1. The third-order valence-electron chi connectivity index (χ3n) is 7.82. The van der Waals surface area contributed by atoms with Crippen LogP contribution in [0.15, 0.2) is 48.6 Å². The first-order valence-electron chi connectivity index (χ1n) is 18.1. The summed E-state index contributed by atoms with van der Waals surface area (Å²) in [5.74, 6) is -0.743. The van der Waals surface area contributed by atoms with Gasteiger partial charge >= 0.3 is 11.9 Å². The molecule has 0 aliphatic rings. The molecule has 0 fully saturated rings. The van der Waals surface area contributed by atoms with Crippen molar-refractivity contribution >= 4 is 11.9 Å². The molecule has 1 N–H and O–H groups in total. The Labute approximate surface area is 266 Å². The van der Waals surface area contributed by atoms with E-state index in [9.17, 15) is 9.59 Å². The first-order chi connectivity index (χ1) is 21.1. The van der Waals surface area contributed by atoms with Crippen LogP contribution in [-0.2, 0) is 14.3 Å². The van der Waals surface area contributed by atoms with Crippen molar-refractivity contribution in [2.75, 3.05) is 0 Å². The number of rotatable bonds is 32. The molecule has 0 aromatic carbocycles. The van der Waals surface area contributed by atoms with Crippen molar-refractivity contribution in [3.8, 4) is 0 Å². The number of esters is 1. The van der Waals surface area contributed by atoms with Crippen LogP contribution in [0.5, 0.6) is 0 Å². The predicted molar refractivity (Wildman–Crippen MR) is 185 cm³/mol. The lowest BCUT2D eigenvalue weighted by molar-refractivity contribution is -0.150. The maximum atomic E-state index is 12.5. The predicted octanol–water partition coefficient (Wildman–Crippen LogP) is 12.4. The van der Waals surface area contributed by atoms with E-state index < -0.39 is 5.97 Å². The first kappa shape index (κ1) is 40.9. The van der Waals surface area contributed by atoms with Crippen LogP contribution in [0, 0.1) is 0 Å². The Morgan fingerprint density at radius 2 is 0.977 bits per heavy atom. The third-order valence-corrected chi connectivity index (χ3v) is 7.82. The van der Waals surface area contributed by atoms with Gasteiger partial charge in [-0.05, 0) is 77.0 Å². The van der Waals surface area contributed by atoms with Gasteiger partial charge in [-0.1, -0.05) is 140 Å². The summed E-state index contributed by atoms with van der Waals surface area (Å²) in [6, 6.07) is 0. The Morgan fingerprint density at radius 3 is 1.51 bits per heavy atom. The SMILES string of the molecule is CC/C=C\C/C=C\C/C=C\C/C=C\CCCCCCCCCCC(=O)OC(CCCCCCC)CCCCCCC(=O)O. The van der Waals surface area contributed by atoms with Crippen molar-refractivity contribution in [1.82, 2.24) is 0 Å². The minimum Gasteiger partial charge on any atom is -0.481 e. The standard InChI is InChI=1S/C39H68O4/c1-3-5-7-9-10-11-12-13-14-15-16-17-18-19-20-21-22-23-24-26-32-36-39(42)43-37(33-29-25-8-6-4-2)34-30-27-28-31-35-38(40)41/h5,7,10-11,13-14,16-17,37H,3-4,6,8-9,12,15,18-36H2,1-2H3,(H,40,41)/b7-5-,11-10-,14-13-,17-16-. The van der Waals surface area contributed by atoms with Crippen LogP contribution in [0.4, 0.5) is 0 Å². The molecular formula is C39H68O4. The van der Waals surface area contributed by atoms with Crippen LogP contribution in [-0.4, -0.2) is 23.1 Å². The van der Waals surface area contributed by atoms with Gasteiger partial charge in [0.25, 0.3) is 0 Å². The molecule has 0 aliphatic carbocycles. The molecule has 0 aliphatic heterocycles. The lowest BCUT2D eigenvalue weighted by atomic mass is 10.0. The van der Waals surface area contributed by atoms with Crippen LogP contribution in [0.3, 0.4) is 0 Å². The molecule has 0 heterocycles. The fourth-order valence-electron chi connectivity index (χ4n) is 5.17. The second-order valence-corrected chi connectivity index (χ2v) is 12.0. The molecule has 0 spiro atoms. The highest BCUT2D eigenvalue weighted by molar-refractivity contribution is 5.69. The van der Waals surface area contributed by atoms with Crippen LogP contribution in [0.2, 0.25) is 0 Å². The minimum atomic E-state index is -0.715. The van der Waals surface area contributed by atoms with E-state index in [0.29, 0.717) is 6.42 Å². The highest BCUT2D eigenvalue weighted by atomic mass is 16.5. The molecule has 0 aromatic heterocycles. The molecule has 1 unspecified atom stereocenters. The van der Waals surface area contributed by atoms with Gasteiger partial charge in [-0.15, -0.1) is 0 Å². The van der Waals surface area contributed by atoms with Crippen LogP contribution in [0.25, 0.3) is 0 Å². The summed E-state index contributed by atoms with van der Waals surface area (Å²) in [7, 11) is 0. The lowest BCUT2D eigenvalue weighted by Crippen LogP contribution is -2.18. The molecule has 0 saturated heterocycles. The van der Waals surface area contributed by atoms with E-state index in [1.165, 1.54) is 70.6 Å². The van der Waals surface area contributed by atoms with Crippen LogP contribution >= 0.6 is 0 Å². The third kappa shape index (κ3) is 34.3. The summed E-state index contributed by atoms with van der Waals surface area (Å²) in [5, 5.41) is 8.79. The normalized spacial score (nSPS) is 12.8. The quantitative estimate of drug-likeness (QED) is 0.0474. The topological polar surface area (TPSA) is 63.6 Å². The number of hydrogen-bond acceptors (Lipinski definition) is 3. The number of ether oxygens (including phenoxy) is 1. The Hall–Kier alpha value is -2.10. The maximum Gasteiger partial charge on any atom is 0.306 e. The van der Waals surface area contributed by atoms with E-state index in [1.807, 2.05) is 0 Å². The Kier molecular flexibility index (Phi) is 32.7. The average Bonchev–Trinajstić information content (AvgIpc) is 2.99. The van der Waals surface area contributed by atoms with Crippen molar-refractivity contribution in [3.63, 3.8) is 0 Å². The molecule has 0 bridgehead atoms. The molecule has 0 radical (unpaired) electrons. The zero-order valence-electron chi connectivity index (χ0n) is 28.3. The summed E-state index contributed by atoms with van der Waals surface area (Å²) >= 11 is 0. The Morgan fingerprint density at radius 1 is 0.535 bits per heavy atom. The lowest BCUT2D eigenvalue weighted by Gasteiger charge is -2.18. The van der Waals surface area contributed by atoms with Gasteiger partial charge in [0.05, 0.1) is 0 Å². The number of carboxylic acid groups (broad SMARTS) is 1. The zero-order chi connectivity index (χ0) is 31.5. The number of aliphatic carboxylic acids is 1. The monoisotopic (exact) mass is 601 g/mol. The molecule has 0 aromatic rings. The van der Waals surface area contributed by atoms with E-state index in [1.54, 1.807) is 0 Å². The summed E-state index contributed by atoms with van der Waals surface area (Å²) in [6.45, 7) is 4.39. The van der Waals surface area contributed by atoms with Gasteiger partial charge in [0, 0.05) is 12.8 Å². The zero-order valence-corrected chi connectivity index (χ0v) is 28.3. The van der Waals surface area contributed by atoms with E-state index in [0.717, 1.165) is 83.5 Å². The number of carbonyl (C=O) groups is 2. The first-order valence-corrected chi connectivity index (χ1v) is 18.1. The average molecular weight is 601 g/mol. The minimum absolute atomic E-state index is 0.0275. The number of allylic oxidation sites excluding steroid dienone is 8. The summed E-state index contributed by atoms with van der Waals surface area (Å²) in [5.41, 5.74) is 0. The summed E-state index contributed by atoms with van der Waals surface area (Å²) in [4.78, 5) is 23.2. The summed E-state index contributed by atoms with van der Waals surface area (Å²) < 4.78 is 5.90. The van der Waals surface area contributed by atoms with Crippen molar-refractivity contribution in [1.29, 1.82) is 0 Å². The molecule has 0 amide bonds. The second kappa shape index (κ2) is 34.4. The molecule has 4 heteroatoms.